The molecule has 27 heavy (non-hydrogen) atoms. The molecule has 0 unspecified atom stereocenters. The average molecular weight is 377 g/mol. The summed E-state index contributed by atoms with van der Waals surface area (Å²) >= 11 is 0. The van der Waals surface area contributed by atoms with Gasteiger partial charge in [0, 0.05) is 38.2 Å². The van der Waals surface area contributed by atoms with Crippen LogP contribution in [0.4, 0.5) is 11.5 Å². The minimum Gasteiger partial charge on any atom is -0.376 e. The molecule has 10 nitrogen and oxygen atoms in total. The highest BCUT2D eigenvalue weighted by molar-refractivity contribution is 5.98. The topological polar surface area (TPSA) is 141 Å². The lowest BCUT2D eigenvalue weighted by atomic mass is 9.95. The van der Waals surface area contributed by atoms with Gasteiger partial charge >= 0.3 is 0 Å². The van der Waals surface area contributed by atoms with Crippen molar-refractivity contribution in [2.45, 2.75) is 31.8 Å². The number of nitro groups is 1. The van der Waals surface area contributed by atoms with E-state index in [1.807, 2.05) is 4.90 Å². The maximum Gasteiger partial charge on any atom is 0.288 e. The third-order valence-corrected chi connectivity index (χ3v) is 5.02. The molecule has 0 spiro atoms. The maximum absolute atomic E-state index is 12.3. The normalized spacial score (nSPS) is 20.4. The van der Waals surface area contributed by atoms with Crippen molar-refractivity contribution in [1.82, 2.24) is 10.3 Å². The molecule has 0 radical (unpaired) electrons. The number of rotatable bonds is 6. The summed E-state index contributed by atoms with van der Waals surface area (Å²) < 4.78 is 5.50. The molecule has 3 N–H and O–H groups in total. The van der Waals surface area contributed by atoms with Crippen molar-refractivity contribution in [2.75, 3.05) is 31.1 Å². The fraction of sp³-hybridized carbons (Fsp3) is 0.588. The van der Waals surface area contributed by atoms with Gasteiger partial charge in [-0.15, -0.1) is 0 Å². The Bertz CT molecular complexity index is 726. The molecule has 0 bridgehead atoms. The van der Waals surface area contributed by atoms with Gasteiger partial charge in [0.2, 0.25) is 5.91 Å². The van der Waals surface area contributed by atoms with Crippen molar-refractivity contribution in [3.8, 4) is 0 Å². The first-order chi connectivity index (χ1) is 13.0. The number of nitrogens with two attached hydrogens (primary N) is 1. The molecule has 2 fully saturated rings. The molecule has 0 aliphatic carbocycles. The zero-order valence-electron chi connectivity index (χ0n) is 14.9. The predicted octanol–water partition coefficient (Wildman–Crippen LogP) is 0.600. The largest absolute Gasteiger partial charge is 0.376 e. The van der Waals surface area contributed by atoms with Gasteiger partial charge in [0.25, 0.3) is 11.6 Å². The lowest BCUT2D eigenvalue weighted by Gasteiger charge is -2.33. The van der Waals surface area contributed by atoms with Crippen LogP contribution in [0.2, 0.25) is 0 Å². The number of nitrogens with zero attached hydrogens (tertiary/aromatic N) is 3. The Morgan fingerprint density at radius 2 is 2.11 bits per heavy atom. The number of ether oxygens (including phenoxy) is 1. The minimum absolute atomic E-state index is 0.0110. The Hall–Kier alpha value is -2.75. The van der Waals surface area contributed by atoms with Crippen molar-refractivity contribution in [1.29, 1.82) is 0 Å². The van der Waals surface area contributed by atoms with E-state index >= 15 is 0 Å². The number of piperidine rings is 1. The molecule has 10 heteroatoms. The van der Waals surface area contributed by atoms with Crippen LogP contribution in [0, 0.1) is 16.0 Å². The third-order valence-electron chi connectivity index (χ3n) is 5.02. The molecule has 1 aromatic heterocycles. The molecule has 3 rings (SSSR count). The van der Waals surface area contributed by atoms with Gasteiger partial charge in [-0.2, -0.15) is 0 Å². The molecule has 2 amide bonds. The predicted molar refractivity (Wildman–Crippen MR) is 96.3 cm³/mol. The fourth-order valence-corrected chi connectivity index (χ4v) is 3.50. The van der Waals surface area contributed by atoms with Crippen molar-refractivity contribution >= 4 is 23.3 Å². The van der Waals surface area contributed by atoms with Crippen LogP contribution in [0.1, 0.15) is 36.0 Å². The molecule has 0 aromatic carbocycles. The van der Waals surface area contributed by atoms with Gasteiger partial charge in [-0.25, -0.2) is 4.98 Å². The molecule has 1 atom stereocenters. The first-order valence-electron chi connectivity index (χ1n) is 9.04. The van der Waals surface area contributed by atoms with E-state index in [1.54, 1.807) is 0 Å². The summed E-state index contributed by atoms with van der Waals surface area (Å²) in [5.74, 6) is -0.543. The maximum atomic E-state index is 12.3. The average Bonchev–Trinajstić information content (AvgIpc) is 3.19. The van der Waals surface area contributed by atoms with Crippen LogP contribution < -0.4 is 16.0 Å². The lowest BCUT2D eigenvalue weighted by molar-refractivity contribution is -0.385. The number of nitrogens with one attached hydrogen (secondary N) is 1. The molecule has 0 saturated carbocycles. The van der Waals surface area contributed by atoms with Crippen molar-refractivity contribution in [3.05, 3.63) is 27.9 Å². The Morgan fingerprint density at radius 3 is 2.70 bits per heavy atom. The number of hydrogen-bond donors (Lipinski definition) is 2. The lowest BCUT2D eigenvalue weighted by Crippen LogP contribution is -2.43. The smallest absolute Gasteiger partial charge is 0.288 e. The number of pyridine rings is 1. The monoisotopic (exact) mass is 377 g/mol. The minimum atomic E-state index is -0.766. The molecule has 146 valence electrons. The standard InChI is InChI=1S/C17H23N5O5/c18-15(23)14-8-12(22(25)26)9-19-16(14)21-5-3-11(4-6-21)17(24)20-10-13-2-1-7-27-13/h8-9,11,13H,1-7,10H2,(H2,18,23)(H,20,24)/t13-/m1/s1. The summed E-state index contributed by atoms with van der Waals surface area (Å²) in [7, 11) is 0. The fourth-order valence-electron chi connectivity index (χ4n) is 3.50. The molecule has 2 saturated heterocycles. The van der Waals surface area contributed by atoms with Crippen molar-refractivity contribution < 1.29 is 19.2 Å². The van der Waals surface area contributed by atoms with Gasteiger partial charge in [-0.05, 0) is 25.7 Å². The van der Waals surface area contributed by atoms with Crippen LogP contribution in [0.3, 0.4) is 0 Å². The van der Waals surface area contributed by atoms with Crippen LogP contribution in [0.5, 0.6) is 0 Å². The Labute approximate surface area is 156 Å². The number of primary amides is 1. The second-order valence-corrected chi connectivity index (χ2v) is 6.83. The highest BCUT2D eigenvalue weighted by atomic mass is 16.6. The quantitative estimate of drug-likeness (QED) is 0.546. The summed E-state index contributed by atoms with van der Waals surface area (Å²) in [5.41, 5.74) is 5.10. The number of amides is 2. The van der Waals surface area contributed by atoms with E-state index in [4.69, 9.17) is 10.5 Å². The van der Waals surface area contributed by atoms with E-state index in [1.165, 1.54) is 0 Å². The molecule has 2 aliphatic rings. The van der Waals surface area contributed by atoms with Gasteiger partial charge in [0.05, 0.1) is 16.6 Å². The van der Waals surface area contributed by atoms with Gasteiger partial charge in [0.15, 0.2) is 0 Å². The van der Waals surface area contributed by atoms with Crippen LogP contribution in [-0.4, -0.2) is 54.1 Å². The summed E-state index contributed by atoms with van der Waals surface area (Å²) in [6, 6.07) is 1.14. The number of hydrogen-bond acceptors (Lipinski definition) is 7. The third kappa shape index (κ3) is 4.51. The van der Waals surface area contributed by atoms with Crippen molar-refractivity contribution in [2.24, 2.45) is 11.7 Å². The van der Waals surface area contributed by atoms with E-state index in [-0.39, 0.29) is 29.2 Å². The van der Waals surface area contributed by atoms with Crippen LogP contribution in [0.25, 0.3) is 0 Å². The zero-order chi connectivity index (χ0) is 19.4. The van der Waals surface area contributed by atoms with Gasteiger partial charge in [0.1, 0.15) is 12.0 Å². The van der Waals surface area contributed by atoms with E-state index in [9.17, 15) is 19.7 Å². The van der Waals surface area contributed by atoms with Gasteiger partial charge in [-0.3, -0.25) is 19.7 Å². The highest BCUT2D eigenvalue weighted by Gasteiger charge is 2.29. The van der Waals surface area contributed by atoms with Crippen LogP contribution in [-0.2, 0) is 9.53 Å². The summed E-state index contributed by atoms with van der Waals surface area (Å²) in [6.45, 7) is 2.32. The molecule has 1 aromatic rings. The second-order valence-electron chi connectivity index (χ2n) is 6.83. The molecular formula is C17H23N5O5. The molecule has 2 aliphatic heterocycles. The summed E-state index contributed by atoms with van der Waals surface area (Å²) in [6.07, 6.45) is 4.44. The van der Waals surface area contributed by atoms with Gasteiger partial charge in [-0.1, -0.05) is 0 Å². The second kappa shape index (κ2) is 8.30. The first-order valence-corrected chi connectivity index (χ1v) is 9.04. The Kier molecular flexibility index (Phi) is 5.84. The highest BCUT2D eigenvalue weighted by Crippen LogP contribution is 2.27. The van der Waals surface area contributed by atoms with Crippen LogP contribution >= 0.6 is 0 Å². The van der Waals surface area contributed by atoms with E-state index in [0.717, 1.165) is 31.7 Å². The zero-order valence-corrected chi connectivity index (χ0v) is 14.9. The number of aromatic nitrogens is 1. The van der Waals surface area contributed by atoms with E-state index in [0.29, 0.717) is 38.3 Å². The number of carbonyl (C=O) groups is 2. The summed E-state index contributed by atoms with van der Waals surface area (Å²) in [4.78, 5) is 40.2. The van der Waals surface area contributed by atoms with E-state index < -0.39 is 10.8 Å². The Balaban J connectivity index is 1.59. The number of anilines is 1. The molecular weight excluding hydrogens is 354 g/mol. The van der Waals surface area contributed by atoms with Gasteiger partial charge < -0.3 is 20.7 Å². The summed E-state index contributed by atoms with van der Waals surface area (Å²) in [5, 5.41) is 13.8. The van der Waals surface area contributed by atoms with Crippen LogP contribution in [0.15, 0.2) is 12.3 Å². The molecule has 3 heterocycles. The first kappa shape index (κ1) is 19.0. The van der Waals surface area contributed by atoms with Crippen molar-refractivity contribution in [3.63, 3.8) is 0 Å². The SMILES string of the molecule is NC(=O)c1cc([N+](=O)[O-])cnc1N1CCC(C(=O)NC[C@H]2CCCO2)CC1. The number of carbonyl (C=O) groups excluding carboxylic acids is 2. The van der Waals surface area contributed by atoms with E-state index in [2.05, 4.69) is 10.3 Å². The Morgan fingerprint density at radius 1 is 1.37 bits per heavy atom.